The minimum atomic E-state index is -0.515. The van der Waals surface area contributed by atoms with Crippen molar-refractivity contribution in [2.75, 3.05) is 53.0 Å². The average Bonchev–Trinajstić information content (AvgIpc) is 2.61. The molecular formula is C21H43N5O3. The van der Waals surface area contributed by atoms with Crippen LogP contribution in [0.25, 0.3) is 0 Å². The molecule has 0 saturated carbocycles. The molecule has 1 amide bonds. The van der Waals surface area contributed by atoms with Crippen LogP contribution in [0.15, 0.2) is 4.99 Å². The quantitative estimate of drug-likeness (QED) is 0.397. The Bertz CT molecular complexity index is 509. The molecule has 0 aliphatic carbocycles. The summed E-state index contributed by atoms with van der Waals surface area (Å²) in [6.45, 7) is 17.7. The highest BCUT2D eigenvalue weighted by Gasteiger charge is 2.25. The van der Waals surface area contributed by atoms with Crippen LogP contribution >= 0.6 is 0 Å². The van der Waals surface area contributed by atoms with Gasteiger partial charge in [-0.15, -0.1) is 0 Å². The maximum atomic E-state index is 12.0. The molecule has 1 heterocycles. The zero-order chi connectivity index (χ0) is 21.9. The van der Waals surface area contributed by atoms with Gasteiger partial charge in [0.15, 0.2) is 5.96 Å². The van der Waals surface area contributed by atoms with Crippen molar-refractivity contribution in [2.45, 2.75) is 65.5 Å². The Morgan fingerprint density at radius 2 is 1.79 bits per heavy atom. The van der Waals surface area contributed by atoms with E-state index in [0.29, 0.717) is 12.5 Å². The van der Waals surface area contributed by atoms with E-state index >= 15 is 0 Å². The van der Waals surface area contributed by atoms with Crippen molar-refractivity contribution in [3.05, 3.63) is 0 Å². The van der Waals surface area contributed by atoms with Crippen LogP contribution in [0.3, 0.4) is 0 Å². The first-order valence-corrected chi connectivity index (χ1v) is 10.8. The fourth-order valence-electron chi connectivity index (χ4n) is 3.11. The van der Waals surface area contributed by atoms with Crippen molar-refractivity contribution in [3.8, 4) is 0 Å². The van der Waals surface area contributed by atoms with Gasteiger partial charge in [0, 0.05) is 26.7 Å². The summed E-state index contributed by atoms with van der Waals surface area (Å²) in [7, 11) is 1.75. The van der Waals surface area contributed by atoms with Gasteiger partial charge in [-0.2, -0.15) is 0 Å². The lowest BCUT2D eigenvalue weighted by molar-refractivity contribution is 0.0476. The Hall–Kier alpha value is -1.54. The summed E-state index contributed by atoms with van der Waals surface area (Å²) >= 11 is 0. The highest BCUT2D eigenvalue weighted by molar-refractivity contribution is 5.79. The number of carbonyl (C=O) groups excluding carboxylic acids is 1. The van der Waals surface area contributed by atoms with Gasteiger partial charge in [0.2, 0.25) is 0 Å². The van der Waals surface area contributed by atoms with E-state index in [1.54, 1.807) is 7.11 Å². The molecule has 0 aromatic carbocycles. The number of aliphatic imine (C=N–C) groups is 1. The van der Waals surface area contributed by atoms with Crippen molar-refractivity contribution in [1.29, 1.82) is 0 Å². The van der Waals surface area contributed by atoms with Crippen molar-refractivity contribution >= 4 is 12.1 Å². The zero-order valence-corrected chi connectivity index (χ0v) is 19.6. The van der Waals surface area contributed by atoms with Crippen molar-refractivity contribution < 1.29 is 14.3 Å². The third-order valence-electron chi connectivity index (χ3n) is 4.69. The molecule has 170 valence electrons. The number of likely N-dealkylation sites (tertiary alicyclic amines) is 1. The first kappa shape index (κ1) is 25.5. The van der Waals surface area contributed by atoms with Gasteiger partial charge in [-0.1, -0.05) is 0 Å². The molecule has 0 spiro atoms. The number of nitrogens with zero attached hydrogens (tertiary/aromatic N) is 2. The number of carbonyl (C=O) groups is 1. The topological polar surface area (TPSA) is 87.2 Å². The molecule has 0 bridgehead atoms. The summed E-state index contributed by atoms with van der Waals surface area (Å²) in [6.07, 6.45) is 1.94. The lowest BCUT2D eigenvalue weighted by Gasteiger charge is -2.32. The highest BCUT2D eigenvalue weighted by atomic mass is 16.6. The van der Waals surface area contributed by atoms with E-state index in [0.717, 1.165) is 45.3 Å². The van der Waals surface area contributed by atoms with Gasteiger partial charge in [-0.25, -0.2) is 4.79 Å². The SMILES string of the molecule is CCNC(=NCC(C)(C)NC(=O)OC(C)(C)C)NCC1CCN(CCOC)CC1. The summed E-state index contributed by atoms with van der Waals surface area (Å²) in [5.74, 6) is 1.43. The minimum absolute atomic E-state index is 0.420. The largest absolute Gasteiger partial charge is 0.444 e. The summed E-state index contributed by atoms with van der Waals surface area (Å²) in [4.78, 5) is 19.2. The molecule has 0 aromatic rings. The van der Waals surface area contributed by atoms with Crippen molar-refractivity contribution in [1.82, 2.24) is 20.9 Å². The molecule has 0 aromatic heterocycles. The number of amides is 1. The molecule has 0 atom stereocenters. The number of guanidine groups is 1. The lowest BCUT2D eigenvalue weighted by atomic mass is 9.97. The van der Waals surface area contributed by atoms with E-state index in [1.165, 1.54) is 12.8 Å². The molecule has 1 saturated heterocycles. The van der Waals surface area contributed by atoms with Crippen LogP contribution in [0.1, 0.15) is 54.4 Å². The number of alkyl carbamates (subject to hydrolysis) is 1. The Balaban J connectivity index is 2.46. The van der Waals surface area contributed by atoms with Crippen LogP contribution in [0, 0.1) is 5.92 Å². The number of hydrogen-bond donors (Lipinski definition) is 3. The van der Waals surface area contributed by atoms with E-state index in [2.05, 4.69) is 32.8 Å². The second-order valence-corrected chi connectivity index (χ2v) is 9.36. The number of methoxy groups -OCH3 is 1. The predicted molar refractivity (Wildman–Crippen MR) is 118 cm³/mol. The monoisotopic (exact) mass is 413 g/mol. The normalized spacial score (nSPS) is 17.1. The minimum Gasteiger partial charge on any atom is -0.444 e. The fraction of sp³-hybridized carbons (Fsp3) is 0.905. The van der Waals surface area contributed by atoms with E-state index in [4.69, 9.17) is 9.47 Å². The molecular weight excluding hydrogens is 370 g/mol. The first-order chi connectivity index (χ1) is 13.5. The number of piperidine rings is 1. The van der Waals surface area contributed by atoms with Gasteiger partial charge in [-0.3, -0.25) is 4.99 Å². The molecule has 8 nitrogen and oxygen atoms in total. The van der Waals surface area contributed by atoms with Crippen LogP contribution in [-0.2, 0) is 9.47 Å². The van der Waals surface area contributed by atoms with Gasteiger partial charge in [0.1, 0.15) is 5.60 Å². The second-order valence-electron chi connectivity index (χ2n) is 9.36. The van der Waals surface area contributed by atoms with Gasteiger partial charge in [0.05, 0.1) is 18.7 Å². The van der Waals surface area contributed by atoms with Crippen LogP contribution in [0.4, 0.5) is 4.79 Å². The molecule has 3 N–H and O–H groups in total. The van der Waals surface area contributed by atoms with Crippen molar-refractivity contribution in [3.63, 3.8) is 0 Å². The molecule has 0 radical (unpaired) electrons. The van der Waals surface area contributed by atoms with Gasteiger partial charge in [-0.05, 0) is 73.4 Å². The summed E-state index contributed by atoms with van der Waals surface area (Å²) in [5.41, 5.74) is -1.02. The highest BCUT2D eigenvalue weighted by Crippen LogP contribution is 2.16. The molecule has 0 unspecified atom stereocenters. The molecule has 1 aliphatic heterocycles. The Kier molecular flexibility index (Phi) is 10.7. The van der Waals surface area contributed by atoms with Crippen LogP contribution in [0.2, 0.25) is 0 Å². The molecule has 1 rings (SSSR count). The fourth-order valence-corrected chi connectivity index (χ4v) is 3.11. The summed E-state index contributed by atoms with van der Waals surface area (Å²) in [5, 5.41) is 9.65. The van der Waals surface area contributed by atoms with Gasteiger partial charge < -0.3 is 30.3 Å². The second kappa shape index (κ2) is 12.2. The summed E-state index contributed by atoms with van der Waals surface area (Å²) < 4.78 is 10.5. The Morgan fingerprint density at radius 1 is 1.14 bits per heavy atom. The van der Waals surface area contributed by atoms with Crippen molar-refractivity contribution in [2.24, 2.45) is 10.9 Å². The summed E-state index contributed by atoms with van der Waals surface area (Å²) in [6, 6.07) is 0. The average molecular weight is 414 g/mol. The van der Waals surface area contributed by atoms with E-state index in [9.17, 15) is 4.79 Å². The van der Waals surface area contributed by atoms with E-state index < -0.39 is 17.2 Å². The van der Waals surface area contributed by atoms with E-state index in [1.807, 2.05) is 34.6 Å². The van der Waals surface area contributed by atoms with Crippen LogP contribution in [0.5, 0.6) is 0 Å². The number of nitrogens with one attached hydrogen (secondary N) is 3. The third-order valence-corrected chi connectivity index (χ3v) is 4.69. The molecule has 1 fully saturated rings. The smallest absolute Gasteiger partial charge is 0.408 e. The molecule has 8 heteroatoms. The molecule has 1 aliphatic rings. The number of ether oxygens (including phenoxy) is 2. The number of hydrogen-bond acceptors (Lipinski definition) is 5. The number of rotatable bonds is 9. The Morgan fingerprint density at radius 3 is 2.34 bits per heavy atom. The predicted octanol–water partition coefficient (Wildman–Crippen LogP) is 2.20. The van der Waals surface area contributed by atoms with Gasteiger partial charge >= 0.3 is 6.09 Å². The van der Waals surface area contributed by atoms with Crippen LogP contribution < -0.4 is 16.0 Å². The lowest BCUT2D eigenvalue weighted by Crippen LogP contribution is -2.49. The zero-order valence-electron chi connectivity index (χ0n) is 19.6. The van der Waals surface area contributed by atoms with Crippen LogP contribution in [-0.4, -0.2) is 81.1 Å². The van der Waals surface area contributed by atoms with E-state index in [-0.39, 0.29) is 0 Å². The maximum absolute atomic E-state index is 12.0. The molecule has 29 heavy (non-hydrogen) atoms. The Labute approximate surface area is 177 Å². The third kappa shape index (κ3) is 11.9. The first-order valence-electron chi connectivity index (χ1n) is 10.8. The standard InChI is InChI=1S/C21H43N5O3/c1-8-22-18(23-15-17-9-11-26(12-10-17)13-14-28-7)24-16-21(5,6)25-19(27)29-20(2,3)4/h17H,8-16H2,1-7H3,(H,25,27)(H2,22,23,24). The maximum Gasteiger partial charge on any atom is 0.408 e. The van der Waals surface area contributed by atoms with Gasteiger partial charge in [0.25, 0.3) is 0 Å².